The van der Waals surface area contributed by atoms with E-state index in [1.807, 2.05) is 12.1 Å². The van der Waals surface area contributed by atoms with Gasteiger partial charge in [-0.3, -0.25) is 0 Å². The molecule has 1 saturated carbocycles. The Morgan fingerprint density at radius 1 is 1.16 bits per heavy atom. The van der Waals surface area contributed by atoms with E-state index in [4.69, 9.17) is 0 Å². The van der Waals surface area contributed by atoms with Crippen molar-refractivity contribution in [3.63, 3.8) is 0 Å². The zero-order valence-electron chi connectivity index (χ0n) is 11.8. The van der Waals surface area contributed by atoms with Gasteiger partial charge in [-0.25, -0.2) is 8.42 Å². The highest BCUT2D eigenvalue weighted by Gasteiger charge is 2.29. The molecule has 0 radical (unpaired) electrons. The highest BCUT2D eigenvalue weighted by molar-refractivity contribution is 7.89. The van der Waals surface area contributed by atoms with Gasteiger partial charge in [0.1, 0.15) is 0 Å². The number of nitrogens with zero attached hydrogens (tertiary/aromatic N) is 1. The molecule has 1 aromatic carbocycles. The van der Waals surface area contributed by atoms with Crippen LogP contribution < -0.4 is 0 Å². The van der Waals surface area contributed by atoms with Crippen molar-refractivity contribution >= 4 is 10.0 Å². The van der Waals surface area contributed by atoms with E-state index in [1.54, 1.807) is 23.5 Å². The molecule has 0 unspecified atom stereocenters. The van der Waals surface area contributed by atoms with Crippen molar-refractivity contribution in [2.75, 3.05) is 7.05 Å². The van der Waals surface area contributed by atoms with Crippen LogP contribution in [0.4, 0.5) is 0 Å². The minimum absolute atomic E-state index is 0.181. The maximum absolute atomic E-state index is 12.5. The Morgan fingerprint density at radius 3 is 2.26 bits per heavy atom. The first-order valence-corrected chi connectivity index (χ1v) is 8.56. The Balaban J connectivity index is 2.18. The molecule has 1 aliphatic carbocycles. The van der Waals surface area contributed by atoms with Crippen LogP contribution in [0.25, 0.3) is 0 Å². The first-order valence-electron chi connectivity index (χ1n) is 7.12. The molecule has 0 amide bonds. The van der Waals surface area contributed by atoms with Crippen LogP contribution in [-0.4, -0.2) is 25.8 Å². The zero-order chi connectivity index (χ0) is 13.9. The minimum atomic E-state index is -3.32. The molecule has 0 aromatic heterocycles. The zero-order valence-corrected chi connectivity index (χ0v) is 12.6. The molecule has 19 heavy (non-hydrogen) atoms. The Morgan fingerprint density at radius 2 is 1.74 bits per heavy atom. The van der Waals surface area contributed by atoms with Gasteiger partial charge < -0.3 is 0 Å². The lowest BCUT2D eigenvalue weighted by Gasteiger charge is -2.23. The molecule has 0 aliphatic heterocycles. The number of rotatable bonds is 5. The van der Waals surface area contributed by atoms with Crippen molar-refractivity contribution in [1.29, 1.82) is 0 Å². The molecular weight excluding hydrogens is 258 g/mol. The average molecular weight is 281 g/mol. The van der Waals surface area contributed by atoms with Gasteiger partial charge in [0.2, 0.25) is 10.0 Å². The minimum Gasteiger partial charge on any atom is -0.207 e. The summed E-state index contributed by atoms with van der Waals surface area (Å²) < 4.78 is 26.6. The van der Waals surface area contributed by atoms with Gasteiger partial charge in [0.05, 0.1) is 4.90 Å². The fourth-order valence-corrected chi connectivity index (χ4v) is 4.16. The van der Waals surface area contributed by atoms with Gasteiger partial charge in [-0.05, 0) is 37.0 Å². The monoisotopic (exact) mass is 281 g/mol. The molecule has 2 rings (SSSR count). The van der Waals surface area contributed by atoms with E-state index in [2.05, 4.69) is 6.92 Å². The number of benzene rings is 1. The third kappa shape index (κ3) is 3.18. The Labute approximate surface area is 116 Å². The predicted octanol–water partition coefficient (Wildman–Crippen LogP) is 3.20. The van der Waals surface area contributed by atoms with E-state index in [0.717, 1.165) is 38.5 Å². The molecule has 0 atom stereocenters. The van der Waals surface area contributed by atoms with Crippen molar-refractivity contribution in [2.24, 2.45) is 0 Å². The summed E-state index contributed by atoms with van der Waals surface area (Å²) in [6, 6.07) is 7.52. The van der Waals surface area contributed by atoms with E-state index < -0.39 is 10.0 Å². The lowest BCUT2D eigenvalue weighted by molar-refractivity contribution is 0.373. The topological polar surface area (TPSA) is 37.4 Å². The van der Waals surface area contributed by atoms with Crippen LogP contribution in [0.3, 0.4) is 0 Å². The second-order valence-electron chi connectivity index (χ2n) is 5.35. The quantitative estimate of drug-likeness (QED) is 0.831. The molecule has 0 N–H and O–H groups in total. The lowest BCUT2D eigenvalue weighted by Crippen LogP contribution is -2.35. The largest absolute Gasteiger partial charge is 0.243 e. The molecule has 106 valence electrons. The Hall–Kier alpha value is -0.870. The van der Waals surface area contributed by atoms with Gasteiger partial charge in [-0.15, -0.1) is 0 Å². The molecule has 0 heterocycles. The Kier molecular flexibility index (Phi) is 4.63. The smallest absolute Gasteiger partial charge is 0.207 e. The predicted molar refractivity (Wildman–Crippen MR) is 77.6 cm³/mol. The summed E-state index contributed by atoms with van der Waals surface area (Å²) in [6.45, 7) is 2.12. The standard InChI is InChI=1S/C15H23NO2S/c1-3-6-13-9-11-15(12-10-13)19(17,18)16(2)14-7-4-5-8-14/h9-12,14H,3-8H2,1-2H3. The van der Waals surface area contributed by atoms with Crippen molar-refractivity contribution < 1.29 is 8.42 Å². The summed E-state index contributed by atoms with van der Waals surface area (Å²) >= 11 is 0. The van der Waals surface area contributed by atoms with E-state index in [9.17, 15) is 8.42 Å². The SMILES string of the molecule is CCCc1ccc(S(=O)(=O)N(C)C2CCCC2)cc1. The molecular formula is C15H23NO2S. The third-order valence-corrected chi connectivity index (χ3v) is 5.90. The fourth-order valence-electron chi connectivity index (χ4n) is 2.75. The van der Waals surface area contributed by atoms with E-state index in [1.165, 1.54) is 5.56 Å². The Bertz CT molecular complexity index is 501. The first kappa shape index (κ1) is 14.5. The summed E-state index contributed by atoms with van der Waals surface area (Å²) in [6.07, 6.45) is 6.33. The normalized spacial score (nSPS) is 17.2. The molecule has 3 nitrogen and oxygen atoms in total. The summed E-state index contributed by atoms with van der Waals surface area (Å²) in [5.74, 6) is 0. The van der Waals surface area contributed by atoms with E-state index in [0.29, 0.717) is 4.90 Å². The van der Waals surface area contributed by atoms with Crippen molar-refractivity contribution in [1.82, 2.24) is 4.31 Å². The van der Waals surface area contributed by atoms with E-state index in [-0.39, 0.29) is 6.04 Å². The van der Waals surface area contributed by atoms with Gasteiger partial charge in [0, 0.05) is 13.1 Å². The van der Waals surface area contributed by atoms with Crippen LogP contribution >= 0.6 is 0 Å². The summed E-state index contributed by atoms with van der Waals surface area (Å²) in [4.78, 5) is 0.418. The van der Waals surface area contributed by atoms with Gasteiger partial charge >= 0.3 is 0 Å². The van der Waals surface area contributed by atoms with Crippen LogP contribution in [0.5, 0.6) is 0 Å². The maximum Gasteiger partial charge on any atom is 0.243 e. The first-order chi connectivity index (χ1) is 9.05. The van der Waals surface area contributed by atoms with Gasteiger partial charge in [-0.1, -0.05) is 38.3 Å². The molecule has 1 aromatic rings. The van der Waals surface area contributed by atoms with Crippen LogP contribution in [-0.2, 0) is 16.4 Å². The molecule has 1 fully saturated rings. The summed E-state index contributed by atoms with van der Waals surface area (Å²) in [5.41, 5.74) is 1.20. The van der Waals surface area contributed by atoms with Crippen molar-refractivity contribution in [3.8, 4) is 0 Å². The van der Waals surface area contributed by atoms with Gasteiger partial charge in [0.25, 0.3) is 0 Å². The van der Waals surface area contributed by atoms with Crippen molar-refractivity contribution in [3.05, 3.63) is 29.8 Å². The highest BCUT2D eigenvalue weighted by atomic mass is 32.2. The maximum atomic E-state index is 12.5. The van der Waals surface area contributed by atoms with Gasteiger partial charge in [0.15, 0.2) is 0 Å². The highest BCUT2D eigenvalue weighted by Crippen LogP contribution is 2.27. The molecule has 0 bridgehead atoms. The van der Waals surface area contributed by atoms with E-state index >= 15 is 0 Å². The van der Waals surface area contributed by atoms with Crippen LogP contribution in [0, 0.1) is 0 Å². The number of hydrogen-bond donors (Lipinski definition) is 0. The number of aryl methyl sites for hydroxylation is 1. The van der Waals surface area contributed by atoms with Crippen LogP contribution in [0.1, 0.15) is 44.6 Å². The van der Waals surface area contributed by atoms with Crippen molar-refractivity contribution in [2.45, 2.75) is 56.4 Å². The van der Waals surface area contributed by atoms with Crippen LogP contribution in [0.2, 0.25) is 0 Å². The number of hydrogen-bond acceptors (Lipinski definition) is 2. The second-order valence-corrected chi connectivity index (χ2v) is 7.35. The van der Waals surface area contributed by atoms with Crippen LogP contribution in [0.15, 0.2) is 29.2 Å². The molecule has 4 heteroatoms. The molecule has 0 spiro atoms. The lowest BCUT2D eigenvalue weighted by atomic mass is 10.1. The van der Waals surface area contributed by atoms with Gasteiger partial charge in [-0.2, -0.15) is 4.31 Å². The molecule has 0 saturated heterocycles. The second kappa shape index (κ2) is 6.06. The summed E-state index contributed by atoms with van der Waals surface area (Å²) in [5, 5.41) is 0. The fraction of sp³-hybridized carbons (Fsp3) is 0.600. The average Bonchev–Trinajstić information content (AvgIpc) is 2.92. The molecule has 1 aliphatic rings. The third-order valence-electron chi connectivity index (χ3n) is 3.98. The number of sulfonamides is 1. The summed E-state index contributed by atoms with van der Waals surface area (Å²) in [7, 11) is -1.61.